The number of benzene rings is 1. The summed E-state index contributed by atoms with van der Waals surface area (Å²) in [5, 5.41) is 0. The molecule has 0 bridgehead atoms. The second kappa shape index (κ2) is 8.08. The molecule has 0 atom stereocenters. The van der Waals surface area contributed by atoms with Gasteiger partial charge in [0.05, 0.1) is 13.2 Å². The lowest BCUT2D eigenvalue weighted by Crippen LogP contribution is -2.15. The van der Waals surface area contributed by atoms with Crippen molar-refractivity contribution >= 4 is 5.78 Å². The van der Waals surface area contributed by atoms with Gasteiger partial charge in [-0.2, -0.15) is 0 Å². The van der Waals surface area contributed by atoms with Crippen LogP contribution in [0.3, 0.4) is 0 Å². The van der Waals surface area contributed by atoms with Crippen LogP contribution in [0, 0.1) is 20.8 Å². The first-order valence-corrected chi connectivity index (χ1v) is 6.82. The molecule has 106 valence electrons. The quantitative estimate of drug-likeness (QED) is 0.534. The topological polar surface area (TPSA) is 35.5 Å². The summed E-state index contributed by atoms with van der Waals surface area (Å²) in [5.74, 6) is 0.0468. The fraction of sp³-hybridized carbons (Fsp3) is 0.562. The average molecular weight is 264 g/mol. The Bertz CT molecular complexity index is 401. The molecule has 0 N–H and O–H groups in total. The highest BCUT2D eigenvalue weighted by molar-refractivity contribution is 5.99. The molecule has 0 aliphatic rings. The van der Waals surface area contributed by atoms with E-state index in [0.29, 0.717) is 13.2 Å². The van der Waals surface area contributed by atoms with Gasteiger partial charge in [0.25, 0.3) is 0 Å². The highest BCUT2D eigenvalue weighted by atomic mass is 16.5. The van der Waals surface area contributed by atoms with E-state index in [-0.39, 0.29) is 12.4 Å². The van der Waals surface area contributed by atoms with E-state index in [1.807, 2.05) is 32.9 Å². The van der Waals surface area contributed by atoms with Gasteiger partial charge >= 0.3 is 0 Å². The van der Waals surface area contributed by atoms with E-state index < -0.39 is 0 Å². The van der Waals surface area contributed by atoms with Crippen LogP contribution in [0.2, 0.25) is 0 Å². The molecule has 19 heavy (non-hydrogen) atoms. The zero-order valence-corrected chi connectivity index (χ0v) is 12.4. The maximum atomic E-state index is 12.1. The minimum atomic E-state index is 0.0468. The summed E-state index contributed by atoms with van der Waals surface area (Å²) in [5.41, 5.74) is 4.02. The van der Waals surface area contributed by atoms with Crippen molar-refractivity contribution in [1.29, 1.82) is 0 Å². The summed E-state index contributed by atoms with van der Waals surface area (Å²) < 4.78 is 10.7. The van der Waals surface area contributed by atoms with E-state index in [4.69, 9.17) is 9.47 Å². The third-order valence-electron chi connectivity index (χ3n) is 2.91. The van der Waals surface area contributed by atoms with Crippen molar-refractivity contribution in [2.45, 2.75) is 34.1 Å². The monoisotopic (exact) mass is 264 g/mol. The molecule has 0 fully saturated rings. The number of ketones is 1. The Balaban J connectivity index is 2.46. The molecule has 1 aromatic carbocycles. The minimum absolute atomic E-state index is 0.0468. The first-order valence-electron chi connectivity index (χ1n) is 6.82. The highest BCUT2D eigenvalue weighted by Crippen LogP contribution is 2.17. The van der Waals surface area contributed by atoms with E-state index in [2.05, 4.69) is 6.92 Å². The van der Waals surface area contributed by atoms with Crippen LogP contribution in [0.4, 0.5) is 0 Å². The fourth-order valence-corrected chi connectivity index (χ4v) is 2.22. The predicted octanol–water partition coefficient (Wildman–Crippen LogP) is 3.24. The summed E-state index contributed by atoms with van der Waals surface area (Å²) in [6, 6.07) is 4.06. The van der Waals surface area contributed by atoms with Gasteiger partial charge in [-0.3, -0.25) is 4.79 Å². The number of aryl methyl sites for hydroxylation is 3. The number of hydrogen-bond acceptors (Lipinski definition) is 3. The van der Waals surface area contributed by atoms with Gasteiger partial charge in [0.1, 0.15) is 6.61 Å². The van der Waals surface area contributed by atoms with Gasteiger partial charge in [0.15, 0.2) is 5.78 Å². The van der Waals surface area contributed by atoms with Crippen LogP contribution in [0.5, 0.6) is 0 Å². The number of carbonyl (C=O) groups excluding carboxylic acids is 1. The Hall–Kier alpha value is -1.19. The Labute approximate surface area is 115 Å². The molecule has 3 nitrogen and oxygen atoms in total. The average Bonchev–Trinajstić information content (AvgIpc) is 2.32. The zero-order valence-electron chi connectivity index (χ0n) is 12.4. The molecule has 0 spiro atoms. The SMILES string of the molecule is CCCOCCOCC(=O)c1c(C)cc(C)cc1C. The zero-order chi connectivity index (χ0) is 14.3. The molecule has 3 heteroatoms. The second-order valence-electron chi connectivity index (χ2n) is 4.86. The molecule has 0 amide bonds. The Morgan fingerprint density at radius 1 is 1.00 bits per heavy atom. The number of Topliss-reactive ketones (excluding diaryl/α,β-unsaturated/α-hetero) is 1. The summed E-state index contributed by atoms with van der Waals surface area (Å²) in [7, 11) is 0. The standard InChI is InChI=1S/C16H24O3/c1-5-6-18-7-8-19-11-15(17)16-13(3)9-12(2)10-14(16)4/h9-10H,5-8,11H2,1-4H3. The van der Waals surface area contributed by atoms with Crippen LogP contribution in [0.25, 0.3) is 0 Å². The van der Waals surface area contributed by atoms with Crippen molar-refractivity contribution in [1.82, 2.24) is 0 Å². The third-order valence-corrected chi connectivity index (χ3v) is 2.91. The lowest BCUT2D eigenvalue weighted by molar-refractivity contribution is 0.0441. The van der Waals surface area contributed by atoms with Crippen molar-refractivity contribution in [2.75, 3.05) is 26.4 Å². The van der Waals surface area contributed by atoms with E-state index in [1.54, 1.807) is 0 Å². The van der Waals surface area contributed by atoms with E-state index in [9.17, 15) is 4.79 Å². The second-order valence-corrected chi connectivity index (χ2v) is 4.86. The molecule has 0 aliphatic carbocycles. The summed E-state index contributed by atoms with van der Waals surface area (Å²) in [6.45, 7) is 9.93. The van der Waals surface area contributed by atoms with E-state index in [1.165, 1.54) is 5.56 Å². The molecular formula is C16H24O3. The van der Waals surface area contributed by atoms with Crippen LogP contribution in [-0.4, -0.2) is 32.2 Å². The van der Waals surface area contributed by atoms with Crippen molar-refractivity contribution in [3.05, 3.63) is 34.4 Å². The van der Waals surface area contributed by atoms with Gasteiger partial charge in [-0.15, -0.1) is 0 Å². The molecule has 0 aromatic heterocycles. The lowest BCUT2D eigenvalue weighted by Gasteiger charge is -2.10. The van der Waals surface area contributed by atoms with Crippen molar-refractivity contribution in [3.63, 3.8) is 0 Å². The van der Waals surface area contributed by atoms with Gasteiger partial charge in [-0.25, -0.2) is 0 Å². The maximum Gasteiger partial charge on any atom is 0.188 e. The molecule has 0 saturated carbocycles. The molecule has 0 heterocycles. The summed E-state index contributed by atoms with van der Waals surface area (Å²) in [4.78, 5) is 12.1. The highest BCUT2D eigenvalue weighted by Gasteiger charge is 2.12. The van der Waals surface area contributed by atoms with Gasteiger partial charge in [-0.05, 0) is 38.3 Å². The molecule has 0 saturated heterocycles. The number of rotatable bonds is 8. The van der Waals surface area contributed by atoms with Gasteiger partial charge in [0.2, 0.25) is 0 Å². The molecular weight excluding hydrogens is 240 g/mol. The van der Waals surface area contributed by atoms with Crippen molar-refractivity contribution < 1.29 is 14.3 Å². The normalized spacial score (nSPS) is 10.7. The van der Waals surface area contributed by atoms with Crippen LogP contribution >= 0.6 is 0 Å². The Morgan fingerprint density at radius 2 is 1.58 bits per heavy atom. The number of hydrogen-bond donors (Lipinski definition) is 0. The lowest BCUT2D eigenvalue weighted by atomic mass is 9.97. The first-order chi connectivity index (χ1) is 9.06. The number of ether oxygens (including phenoxy) is 2. The largest absolute Gasteiger partial charge is 0.379 e. The van der Waals surface area contributed by atoms with Crippen molar-refractivity contribution in [2.24, 2.45) is 0 Å². The Kier molecular flexibility index (Phi) is 6.74. The number of carbonyl (C=O) groups is 1. The first kappa shape index (κ1) is 15.9. The van der Waals surface area contributed by atoms with E-state index in [0.717, 1.165) is 29.7 Å². The van der Waals surface area contributed by atoms with Crippen molar-refractivity contribution in [3.8, 4) is 0 Å². The van der Waals surface area contributed by atoms with Crippen LogP contribution < -0.4 is 0 Å². The molecule has 0 unspecified atom stereocenters. The molecule has 1 rings (SSSR count). The van der Waals surface area contributed by atoms with Gasteiger partial charge in [-0.1, -0.05) is 24.6 Å². The third kappa shape index (κ3) is 5.13. The predicted molar refractivity (Wildman–Crippen MR) is 76.9 cm³/mol. The van der Waals surface area contributed by atoms with Crippen LogP contribution in [0.1, 0.15) is 40.4 Å². The Morgan fingerprint density at radius 3 is 2.16 bits per heavy atom. The van der Waals surface area contributed by atoms with Gasteiger partial charge < -0.3 is 9.47 Å². The van der Waals surface area contributed by atoms with Gasteiger partial charge in [0, 0.05) is 12.2 Å². The summed E-state index contributed by atoms with van der Waals surface area (Å²) in [6.07, 6.45) is 1.00. The minimum Gasteiger partial charge on any atom is -0.379 e. The molecule has 0 radical (unpaired) electrons. The summed E-state index contributed by atoms with van der Waals surface area (Å²) >= 11 is 0. The smallest absolute Gasteiger partial charge is 0.188 e. The molecule has 0 aliphatic heterocycles. The van der Waals surface area contributed by atoms with Crippen LogP contribution in [-0.2, 0) is 9.47 Å². The van der Waals surface area contributed by atoms with E-state index >= 15 is 0 Å². The maximum absolute atomic E-state index is 12.1. The molecule has 1 aromatic rings. The van der Waals surface area contributed by atoms with Crippen LogP contribution in [0.15, 0.2) is 12.1 Å². The fourth-order valence-electron chi connectivity index (χ4n) is 2.22.